The molecule has 0 spiro atoms. The molecular formula is C13H18ClN3O. The average Bonchev–Trinajstić information content (AvgIpc) is 2.63. The average molecular weight is 268 g/mol. The summed E-state index contributed by atoms with van der Waals surface area (Å²) >= 11 is 5.76. The molecule has 2 heterocycles. The Morgan fingerprint density at radius 1 is 1.44 bits per heavy atom. The first kappa shape index (κ1) is 13.3. The van der Waals surface area contributed by atoms with Crippen LogP contribution in [0.5, 0.6) is 0 Å². The van der Waals surface area contributed by atoms with Gasteiger partial charge < -0.3 is 4.90 Å². The van der Waals surface area contributed by atoms with Crippen LogP contribution < -0.4 is 0 Å². The van der Waals surface area contributed by atoms with Gasteiger partial charge in [-0.1, -0.05) is 24.9 Å². The van der Waals surface area contributed by atoms with Gasteiger partial charge in [0.05, 0.1) is 12.4 Å². The molecule has 0 bridgehead atoms. The summed E-state index contributed by atoms with van der Waals surface area (Å²) in [7, 11) is 0. The lowest BCUT2D eigenvalue weighted by Crippen LogP contribution is -2.32. The minimum Gasteiger partial charge on any atom is -0.337 e. The topological polar surface area (TPSA) is 46.1 Å². The molecule has 98 valence electrons. The fourth-order valence-corrected chi connectivity index (χ4v) is 2.53. The van der Waals surface area contributed by atoms with Gasteiger partial charge in [0.15, 0.2) is 0 Å². The second-order valence-electron chi connectivity index (χ2n) is 4.72. The molecule has 1 atom stereocenters. The van der Waals surface area contributed by atoms with E-state index in [1.807, 2.05) is 4.90 Å². The highest BCUT2D eigenvalue weighted by atomic mass is 35.5. The van der Waals surface area contributed by atoms with Crippen molar-refractivity contribution in [2.45, 2.75) is 32.6 Å². The molecule has 1 amide bonds. The number of hydrogen-bond donors (Lipinski definition) is 0. The zero-order valence-electron chi connectivity index (χ0n) is 10.6. The normalized spacial score (nSPS) is 20.6. The number of halogens is 1. The fourth-order valence-electron chi connectivity index (χ4n) is 2.38. The van der Waals surface area contributed by atoms with Gasteiger partial charge >= 0.3 is 0 Å². The molecule has 1 aromatic rings. The lowest BCUT2D eigenvalue weighted by atomic mass is 9.98. The van der Waals surface area contributed by atoms with Crippen LogP contribution in [0.1, 0.15) is 43.1 Å². The quantitative estimate of drug-likeness (QED) is 0.828. The molecule has 1 aliphatic rings. The summed E-state index contributed by atoms with van der Waals surface area (Å²) in [5.41, 5.74) is 0.345. The van der Waals surface area contributed by atoms with Crippen LogP contribution in [0.4, 0.5) is 0 Å². The minimum atomic E-state index is -0.0539. The molecule has 0 N–H and O–H groups in total. The molecule has 5 heteroatoms. The van der Waals surface area contributed by atoms with Crippen LogP contribution in [0.3, 0.4) is 0 Å². The van der Waals surface area contributed by atoms with E-state index >= 15 is 0 Å². The third-order valence-corrected chi connectivity index (χ3v) is 3.72. The highest BCUT2D eigenvalue weighted by Gasteiger charge is 2.21. The number of hydrogen-bond acceptors (Lipinski definition) is 3. The number of rotatable bonds is 2. The molecule has 4 nitrogen and oxygen atoms in total. The van der Waals surface area contributed by atoms with E-state index in [2.05, 4.69) is 16.9 Å². The van der Waals surface area contributed by atoms with Crippen molar-refractivity contribution in [3.8, 4) is 0 Å². The van der Waals surface area contributed by atoms with E-state index in [4.69, 9.17) is 11.6 Å². The molecule has 0 radical (unpaired) electrons. The summed E-state index contributed by atoms with van der Waals surface area (Å²) in [5, 5.41) is 0.266. The van der Waals surface area contributed by atoms with Crippen molar-refractivity contribution in [3.63, 3.8) is 0 Å². The SMILES string of the molecule is CCC1CCCN(C(=O)c2cncc(Cl)n2)CC1. The summed E-state index contributed by atoms with van der Waals surface area (Å²) in [6.07, 6.45) is 7.47. The molecular weight excluding hydrogens is 250 g/mol. The van der Waals surface area contributed by atoms with Crippen LogP contribution in [0.2, 0.25) is 5.15 Å². The van der Waals surface area contributed by atoms with E-state index < -0.39 is 0 Å². The highest BCUT2D eigenvalue weighted by Crippen LogP contribution is 2.21. The summed E-state index contributed by atoms with van der Waals surface area (Å²) < 4.78 is 0. The van der Waals surface area contributed by atoms with Crippen molar-refractivity contribution in [1.29, 1.82) is 0 Å². The molecule has 18 heavy (non-hydrogen) atoms. The standard InChI is InChI=1S/C13H18ClN3O/c1-2-10-4-3-6-17(7-5-10)13(18)11-8-15-9-12(14)16-11/h8-10H,2-7H2,1H3. The number of amides is 1. The third-order valence-electron chi connectivity index (χ3n) is 3.54. The van der Waals surface area contributed by atoms with Crippen molar-refractivity contribution in [1.82, 2.24) is 14.9 Å². The summed E-state index contributed by atoms with van der Waals surface area (Å²) in [6.45, 7) is 3.83. The minimum absolute atomic E-state index is 0.0539. The molecule has 1 unspecified atom stereocenters. The zero-order valence-corrected chi connectivity index (χ0v) is 11.4. The third kappa shape index (κ3) is 3.19. The van der Waals surface area contributed by atoms with Gasteiger partial charge in [-0.25, -0.2) is 4.98 Å². The van der Waals surface area contributed by atoms with Crippen molar-refractivity contribution >= 4 is 17.5 Å². The van der Waals surface area contributed by atoms with E-state index in [-0.39, 0.29) is 11.1 Å². The predicted octanol–water partition coefficient (Wildman–Crippen LogP) is 2.78. The van der Waals surface area contributed by atoms with Gasteiger partial charge in [0.25, 0.3) is 5.91 Å². The maximum atomic E-state index is 12.3. The van der Waals surface area contributed by atoms with Crippen LogP contribution in [0.15, 0.2) is 12.4 Å². The summed E-state index contributed by atoms with van der Waals surface area (Å²) in [4.78, 5) is 22.1. The van der Waals surface area contributed by atoms with E-state index in [1.165, 1.54) is 25.2 Å². The first-order valence-corrected chi connectivity index (χ1v) is 6.85. The predicted molar refractivity (Wildman–Crippen MR) is 70.6 cm³/mol. The van der Waals surface area contributed by atoms with Crippen molar-refractivity contribution < 1.29 is 4.79 Å². The fraction of sp³-hybridized carbons (Fsp3) is 0.615. The first-order valence-electron chi connectivity index (χ1n) is 6.47. The number of likely N-dealkylation sites (tertiary alicyclic amines) is 1. The van der Waals surface area contributed by atoms with E-state index in [0.29, 0.717) is 5.69 Å². The highest BCUT2D eigenvalue weighted by molar-refractivity contribution is 6.29. The molecule has 1 aliphatic heterocycles. The largest absolute Gasteiger partial charge is 0.337 e. The second kappa shape index (κ2) is 6.14. The maximum absolute atomic E-state index is 12.3. The Balaban J connectivity index is 2.05. The number of nitrogens with zero attached hydrogens (tertiary/aromatic N) is 3. The van der Waals surface area contributed by atoms with Crippen molar-refractivity contribution in [3.05, 3.63) is 23.2 Å². The Hall–Kier alpha value is -1.16. The van der Waals surface area contributed by atoms with Crippen LogP contribution in [0, 0.1) is 5.92 Å². The van der Waals surface area contributed by atoms with Crippen molar-refractivity contribution in [2.24, 2.45) is 5.92 Å². The Bertz CT molecular complexity index is 424. The molecule has 1 aromatic heterocycles. The van der Waals surface area contributed by atoms with E-state index in [1.54, 1.807) is 0 Å². The smallest absolute Gasteiger partial charge is 0.274 e. The lowest BCUT2D eigenvalue weighted by Gasteiger charge is -2.19. The van der Waals surface area contributed by atoms with E-state index in [0.717, 1.165) is 31.8 Å². The van der Waals surface area contributed by atoms with E-state index in [9.17, 15) is 4.79 Å². The Morgan fingerprint density at radius 3 is 3.00 bits per heavy atom. The molecule has 0 saturated carbocycles. The number of carbonyl (C=O) groups is 1. The van der Waals surface area contributed by atoms with Crippen LogP contribution in [0.25, 0.3) is 0 Å². The van der Waals surface area contributed by atoms with Gasteiger partial charge in [-0.05, 0) is 25.2 Å². The summed E-state index contributed by atoms with van der Waals surface area (Å²) in [6, 6.07) is 0. The second-order valence-corrected chi connectivity index (χ2v) is 5.11. The molecule has 0 aromatic carbocycles. The maximum Gasteiger partial charge on any atom is 0.274 e. The van der Waals surface area contributed by atoms with Crippen molar-refractivity contribution in [2.75, 3.05) is 13.1 Å². The number of carbonyl (C=O) groups excluding carboxylic acids is 1. The van der Waals surface area contributed by atoms with Crippen LogP contribution in [-0.2, 0) is 0 Å². The monoisotopic (exact) mass is 267 g/mol. The van der Waals surface area contributed by atoms with Crippen LogP contribution >= 0.6 is 11.6 Å². The molecule has 1 saturated heterocycles. The Morgan fingerprint density at radius 2 is 2.28 bits per heavy atom. The van der Waals surface area contributed by atoms with Gasteiger partial charge in [-0.2, -0.15) is 0 Å². The Labute approximate surface area is 112 Å². The van der Waals surface area contributed by atoms with Gasteiger partial charge in [0.2, 0.25) is 0 Å². The van der Waals surface area contributed by atoms with Gasteiger partial charge in [0.1, 0.15) is 10.8 Å². The number of aromatic nitrogens is 2. The van der Waals surface area contributed by atoms with Gasteiger partial charge in [-0.3, -0.25) is 9.78 Å². The van der Waals surface area contributed by atoms with Gasteiger partial charge in [0, 0.05) is 13.1 Å². The molecule has 1 fully saturated rings. The molecule has 0 aliphatic carbocycles. The first-order chi connectivity index (χ1) is 8.70. The summed E-state index contributed by atoms with van der Waals surface area (Å²) in [5.74, 6) is 0.690. The van der Waals surface area contributed by atoms with Gasteiger partial charge in [-0.15, -0.1) is 0 Å². The lowest BCUT2D eigenvalue weighted by molar-refractivity contribution is 0.0753. The zero-order chi connectivity index (χ0) is 13.0. The molecule has 2 rings (SSSR count). The Kier molecular flexibility index (Phi) is 4.53. The van der Waals surface area contributed by atoms with Crippen LogP contribution in [-0.4, -0.2) is 33.9 Å².